The molecule has 0 radical (unpaired) electrons. The zero-order valence-corrected chi connectivity index (χ0v) is 9.85. The lowest BCUT2D eigenvalue weighted by molar-refractivity contribution is -0.131. The van der Waals surface area contributed by atoms with E-state index in [9.17, 15) is 4.79 Å². The van der Waals surface area contributed by atoms with Crippen LogP contribution in [0.15, 0.2) is 42.5 Å². The van der Waals surface area contributed by atoms with E-state index in [2.05, 4.69) is 0 Å². The summed E-state index contributed by atoms with van der Waals surface area (Å²) in [6.45, 7) is 0.548. The monoisotopic (exact) mass is 239 g/mol. The van der Waals surface area contributed by atoms with Crippen LogP contribution in [0.3, 0.4) is 0 Å². The largest absolute Gasteiger partial charge is 0.426 e. The van der Waals surface area contributed by atoms with Crippen molar-refractivity contribution in [2.45, 2.75) is 13.0 Å². The Hall–Kier alpha value is -2.13. The maximum absolute atomic E-state index is 11.2. The number of rotatable bonds is 2. The third kappa shape index (κ3) is 1.89. The molecule has 0 aliphatic carbocycles. The summed E-state index contributed by atoms with van der Waals surface area (Å²) < 4.78 is 5.08. The molecule has 0 fully saturated rings. The van der Waals surface area contributed by atoms with E-state index in [0.29, 0.717) is 18.7 Å². The maximum atomic E-state index is 11.2. The van der Waals surface area contributed by atoms with Crippen molar-refractivity contribution < 1.29 is 9.53 Å². The lowest BCUT2D eigenvalue weighted by atomic mass is 10.0. The average molecular weight is 239 g/mol. The Balaban J connectivity index is 1.97. The van der Waals surface area contributed by atoms with Gasteiger partial charge in [-0.2, -0.15) is 0 Å². The molecule has 1 aliphatic rings. The van der Waals surface area contributed by atoms with Gasteiger partial charge in [0.15, 0.2) is 0 Å². The van der Waals surface area contributed by atoms with Gasteiger partial charge in [0.1, 0.15) is 5.75 Å². The van der Waals surface area contributed by atoms with Crippen molar-refractivity contribution >= 4 is 5.97 Å². The summed E-state index contributed by atoms with van der Waals surface area (Å²) in [5, 5.41) is 0. The molecule has 18 heavy (non-hydrogen) atoms. The van der Waals surface area contributed by atoms with E-state index >= 15 is 0 Å². The second-order valence-electron chi connectivity index (χ2n) is 4.37. The van der Waals surface area contributed by atoms with Crippen molar-refractivity contribution in [3.05, 3.63) is 53.6 Å². The fourth-order valence-corrected chi connectivity index (χ4v) is 2.14. The van der Waals surface area contributed by atoms with Crippen LogP contribution in [0.4, 0.5) is 0 Å². The predicted octanol–water partition coefficient (Wildman–Crippen LogP) is 2.27. The maximum Gasteiger partial charge on any atom is 0.315 e. The van der Waals surface area contributed by atoms with Gasteiger partial charge < -0.3 is 10.5 Å². The summed E-state index contributed by atoms with van der Waals surface area (Å²) in [5.41, 5.74) is 9.85. The van der Waals surface area contributed by atoms with E-state index in [-0.39, 0.29) is 5.97 Å². The van der Waals surface area contributed by atoms with Crippen molar-refractivity contribution in [2.24, 2.45) is 5.73 Å². The van der Waals surface area contributed by atoms with Crippen molar-refractivity contribution in [1.29, 1.82) is 0 Å². The summed E-state index contributed by atoms with van der Waals surface area (Å²) in [5.74, 6) is 0.503. The van der Waals surface area contributed by atoms with Crippen LogP contribution in [-0.4, -0.2) is 5.97 Å². The molecule has 3 nitrogen and oxygen atoms in total. The molecule has 0 saturated carbocycles. The number of ether oxygens (including phenoxy) is 1. The van der Waals surface area contributed by atoms with Crippen LogP contribution in [-0.2, 0) is 17.8 Å². The molecule has 0 atom stereocenters. The molecule has 0 unspecified atom stereocenters. The Bertz CT molecular complexity index is 602. The normalized spacial score (nSPS) is 13.3. The summed E-state index contributed by atoms with van der Waals surface area (Å²) in [7, 11) is 0. The van der Waals surface area contributed by atoms with Crippen molar-refractivity contribution in [2.75, 3.05) is 0 Å². The predicted molar refractivity (Wildman–Crippen MR) is 69.1 cm³/mol. The fourth-order valence-electron chi connectivity index (χ4n) is 2.14. The average Bonchev–Trinajstić information content (AvgIpc) is 2.78. The molecule has 0 aromatic heterocycles. The molecule has 1 aliphatic heterocycles. The number of hydrogen-bond donors (Lipinski definition) is 1. The van der Waals surface area contributed by atoms with E-state index < -0.39 is 0 Å². The smallest absolute Gasteiger partial charge is 0.315 e. The summed E-state index contributed by atoms with van der Waals surface area (Å²) in [4.78, 5) is 11.2. The minimum atomic E-state index is -0.180. The summed E-state index contributed by atoms with van der Waals surface area (Å²) in [6, 6.07) is 14.0. The zero-order valence-electron chi connectivity index (χ0n) is 9.85. The van der Waals surface area contributed by atoms with Crippen LogP contribution >= 0.6 is 0 Å². The van der Waals surface area contributed by atoms with Gasteiger partial charge in [0.25, 0.3) is 0 Å². The lowest BCUT2D eigenvalue weighted by Gasteiger charge is -2.05. The molecule has 0 saturated heterocycles. The van der Waals surface area contributed by atoms with Crippen LogP contribution < -0.4 is 10.5 Å². The molecule has 2 aromatic carbocycles. The number of hydrogen-bond acceptors (Lipinski definition) is 3. The number of benzene rings is 2. The van der Waals surface area contributed by atoms with Crippen LogP contribution in [0.2, 0.25) is 0 Å². The molecular weight excluding hydrogens is 226 g/mol. The topological polar surface area (TPSA) is 52.3 Å². The highest BCUT2D eigenvalue weighted by molar-refractivity contribution is 5.82. The molecule has 0 amide bonds. The summed E-state index contributed by atoms with van der Waals surface area (Å²) in [6.07, 6.45) is 0.365. The third-order valence-electron chi connectivity index (χ3n) is 3.14. The molecule has 2 aromatic rings. The van der Waals surface area contributed by atoms with E-state index in [4.69, 9.17) is 10.5 Å². The Labute approximate surface area is 105 Å². The van der Waals surface area contributed by atoms with Crippen LogP contribution in [0.5, 0.6) is 5.75 Å². The second kappa shape index (κ2) is 4.27. The minimum absolute atomic E-state index is 0.180. The number of nitrogens with two attached hydrogens (primary N) is 1. The van der Waals surface area contributed by atoms with Gasteiger partial charge in [0.2, 0.25) is 0 Å². The standard InChI is InChI=1S/C15H13NO2/c16-9-10-1-3-11(4-2-10)12-5-6-14-13(7-12)8-15(17)18-14/h1-7H,8-9,16H2. The number of carbonyl (C=O) groups excluding carboxylic acids is 1. The highest BCUT2D eigenvalue weighted by atomic mass is 16.5. The van der Waals surface area contributed by atoms with Crippen molar-refractivity contribution in [3.63, 3.8) is 0 Å². The van der Waals surface area contributed by atoms with Crippen molar-refractivity contribution in [1.82, 2.24) is 0 Å². The van der Waals surface area contributed by atoms with E-state index in [1.165, 1.54) is 0 Å². The Morgan fingerprint density at radius 1 is 1.06 bits per heavy atom. The first-order chi connectivity index (χ1) is 8.76. The van der Waals surface area contributed by atoms with Gasteiger partial charge in [-0.05, 0) is 28.8 Å². The van der Waals surface area contributed by atoms with Crippen LogP contribution in [0.25, 0.3) is 11.1 Å². The zero-order chi connectivity index (χ0) is 12.5. The van der Waals surface area contributed by atoms with Gasteiger partial charge in [-0.15, -0.1) is 0 Å². The molecule has 0 spiro atoms. The van der Waals surface area contributed by atoms with Gasteiger partial charge in [-0.25, -0.2) is 0 Å². The van der Waals surface area contributed by atoms with E-state index in [0.717, 1.165) is 22.3 Å². The highest BCUT2D eigenvalue weighted by Gasteiger charge is 2.20. The quantitative estimate of drug-likeness (QED) is 0.646. The molecule has 3 rings (SSSR count). The first-order valence-corrected chi connectivity index (χ1v) is 5.89. The first kappa shape index (κ1) is 11.0. The highest BCUT2D eigenvalue weighted by Crippen LogP contribution is 2.30. The Kier molecular flexibility index (Phi) is 2.61. The van der Waals surface area contributed by atoms with Gasteiger partial charge in [0.05, 0.1) is 6.42 Å². The SMILES string of the molecule is NCc1ccc(-c2ccc3c(c2)CC(=O)O3)cc1. The Morgan fingerprint density at radius 2 is 1.78 bits per heavy atom. The Morgan fingerprint density at radius 3 is 2.50 bits per heavy atom. The van der Waals surface area contributed by atoms with Gasteiger partial charge >= 0.3 is 5.97 Å². The second-order valence-corrected chi connectivity index (χ2v) is 4.37. The van der Waals surface area contributed by atoms with Crippen LogP contribution in [0, 0.1) is 0 Å². The molecule has 90 valence electrons. The molecule has 3 heteroatoms. The summed E-state index contributed by atoms with van der Waals surface area (Å²) >= 11 is 0. The van der Waals surface area contributed by atoms with E-state index in [1.807, 2.05) is 42.5 Å². The van der Waals surface area contributed by atoms with Crippen molar-refractivity contribution in [3.8, 4) is 16.9 Å². The van der Waals surface area contributed by atoms with Gasteiger partial charge in [-0.3, -0.25) is 4.79 Å². The van der Waals surface area contributed by atoms with Gasteiger partial charge in [0, 0.05) is 12.1 Å². The molecule has 0 bridgehead atoms. The minimum Gasteiger partial charge on any atom is -0.426 e. The van der Waals surface area contributed by atoms with E-state index in [1.54, 1.807) is 0 Å². The fraction of sp³-hybridized carbons (Fsp3) is 0.133. The number of carbonyl (C=O) groups is 1. The first-order valence-electron chi connectivity index (χ1n) is 5.89. The molecule has 2 N–H and O–H groups in total. The number of esters is 1. The van der Waals surface area contributed by atoms with Gasteiger partial charge in [-0.1, -0.05) is 30.3 Å². The molecule has 1 heterocycles. The van der Waals surface area contributed by atoms with Crippen LogP contribution in [0.1, 0.15) is 11.1 Å². The lowest BCUT2D eigenvalue weighted by Crippen LogP contribution is -2.00. The molecular formula is C15H13NO2. The number of fused-ring (bicyclic) bond motifs is 1. The third-order valence-corrected chi connectivity index (χ3v) is 3.14.